The lowest BCUT2D eigenvalue weighted by atomic mass is 9.71. The van der Waals surface area contributed by atoms with Crippen LogP contribution in [0.3, 0.4) is 0 Å². The van der Waals surface area contributed by atoms with E-state index < -0.39 is 9.84 Å². The molecule has 1 aliphatic rings. The molecule has 1 fully saturated rings. The molecular formula is C14H29NO2S. The van der Waals surface area contributed by atoms with Crippen molar-refractivity contribution in [1.29, 1.82) is 0 Å². The van der Waals surface area contributed by atoms with E-state index in [1.54, 1.807) is 0 Å². The van der Waals surface area contributed by atoms with Crippen LogP contribution < -0.4 is 5.73 Å². The van der Waals surface area contributed by atoms with Crippen molar-refractivity contribution in [3.8, 4) is 0 Å². The van der Waals surface area contributed by atoms with Crippen molar-refractivity contribution in [2.24, 2.45) is 23.0 Å². The molecule has 0 aromatic carbocycles. The highest BCUT2D eigenvalue weighted by Gasteiger charge is 2.40. The zero-order valence-electron chi connectivity index (χ0n) is 12.4. The Hall–Kier alpha value is -0.0900. The highest BCUT2D eigenvalue weighted by molar-refractivity contribution is 7.92. The molecule has 0 spiro atoms. The van der Waals surface area contributed by atoms with Crippen LogP contribution in [0.4, 0.5) is 0 Å². The van der Waals surface area contributed by atoms with E-state index in [1.807, 2.05) is 13.8 Å². The first-order valence-corrected chi connectivity index (χ1v) is 8.72. The van der Waals surface area contributed by atoms with Crippen molar-refractivity contribution >= 4 is 9.84 Å². The van der Waals surface area contributed by atoms with Crippen molar-refractivity contribution in [1.82, 2.24) is 0 Å². The molecule has 0 heterocycles. The van der Waals surface area contributed by atoms with Crippen molar-refractivity contribution < 1.29 is 8.42 Å². The highest BCUT2D eigenvalue weighted by atomic mass is 32.2. The summed E-state index contributed by atoms with van der Waals surface area (Å²) in [6.45, 7) is 10.5. The van der Waals surface area contributed by atoms with E-state index in [0.717, 1.165) is 19.3 Å². The normalized spacial score (nSPS) is 30.7. The van der Waals surface area contributed by atoms with E-state index in [0.29, 0.717) is 5.92 Å². The summed E-state index contributed by atoms with van der Waals surface area (Å²) in [4.78, 5) is 0. The lowest BCUT2D eigenvalue weighted by molar-refractivity contribution is 0.171. The molecule has 3 atom stereocenters. The molecule has 0 bridgehead atoms. The standard InChI is InChI=1S/C14H29NO2S/c1-10(2)9-18(16,17)13-8-11(14(3,4)5)6-7-12(13)15/h10-13H,6-9,15H2,1-5H3. The summed E-state index contributed by atoms with van der Waals surface area (Å²) >= 11 is 0. The summed E-state index contributed by atoms with van der Waals surface area (Å²) in [5.41, 5.74) is 6.24. The first-order chi connectivity index (χ1) is 8.04. The third kappa shape index (κ3) is 3.95. The Kier molecular flexibility index (Phi) is 4.87. The lowest BCUT2D eigenvalue weighted by Gasteiger charge is -2.40. The van der Waals surface area contributed by atoms with Gasteiger partial charge in [-0.1, -0.05) is 34.6 Å². The van der Waals surface area contributed by atoms with Crippen LogP contribution in [0.1, 0.15) is 53.9 Å². The first kappa shape index (κ1) is 16.0. The predicted octanol–water partition coefficient (Wildman–Crippen LogP) is 2.60. The Morgan fingerprint density at radius 3 is 2.22 bits per heavy atom. The van der Waals surface area contributed by atoms with Crippen molar-refractivity contribution in [3.05, 3.63) is 0 Å². The second-order valence-corrected chi connectivity index (χ2v) is 9.57. The lowest BCUT2D eigenvalue weighted by Crippen LogP contribution is -2.48. The molecule has 0 aromatic rings. The molecule has 2 N–H and O–H groups in total. The Labute approximate surface area is 112 Å². The summed E-state index contributed by atoms with van der Waals surface area (Å²) in [5, 5.41) is -0.335. The SMILES string of the molecule is CC(C)CS(=O)(=O)C1CC(C(C)(C)C)CCC1N. The largest absolute Gasteiger partial charge is 0.327 e. The number of rotatable bonds is 3. The highest BCUT2D eigenvalue weighted by Crippen LogP contribution is 2.39. The van der Waals surface area contributed by atoms with Gasteiger partial charge in [0.25, 0.3) is 0 Å². The van der Waals surface area contributed by atoms with Crippen LogP contribution in [-0.4, -0.2) is 25.5 Å². The minimum Gasteiger partial charge on any atom is -0.327 e. The Balaban J connectivity index is 2.86. The van der Waals surface area contributed by atoms with E-state index >= 15 is 0 Å². The van der Waals surface area contributed by atoms with Gasteiger partial charge in [-0.3, -0.25) is 0 Å². The van der Waals surface area contributed by atoms with E-state index in [2.05, 4.69) is 20.8 Å². The van der Waals surface area contributed by atoms with Gasteiger partial charge in [0.1, 0.15) is 0 Å². The fourth-order valence-corrected chi connectivity index (χ4v) is 5.31. The number of hydrogen-bond donors (Lipinski definition) is 1. The third-order valence-corrected chi connectivity index (χ3v) is 6.69. The van der Waals surface area contributed by atoms with E-state index in [9.17, 15) is 8.42 Å². The molecule has 108 valence electrons. The molecule has 1 rings (SSSR count). The molecule has 0 amide bonds. The smallest absolute Gasteiger partial charge is 0.154 e. The van der Waals surface area contributed by atoms with Crippen LogP contribution in [0.2, 0.25) is 0 Å². The topological polar surface area (TPSA) is 60.2 Å². The molecule has 18 heavy (non-hydrogen) atoms. The van der Waals surface area contributed by atoms with E-state index in [4.69, 9.17) is 5.73 Å². The first-order valence-electron chi connectivity index (χ1n) is 7.01. The van der Waals surface area contributed by atoms with Gasteiger partial charge in [0.05, 0.1) is 11.0 Å². The second kappa shape index (κ2) is 5.49. The van der Waals surface area contributed by atoms with Crippen molar-refractivity contribution in [2.45, 2.75) is 65.2 Å². The zero-order chi connectivity index (χ0) is 14.1. The fourth-order valence-electron chi connectivity index (χ4n) is 2.94. The number of hydrogen-bond acceptors (Lipinski definition) is 3. The van der Waals surface area contributed by atoms with Crippen LogP contribution in [-0.2, 0) is 9.84 Å². The summed E-state index contributed by atoms with van der Waals surface area (Å²) in [6, 6.07) is -0.174. The maximum absolute atomic E-state index is 12.4. The van der Waals surface area contributed by atoms with Gasteiger partial charge in [-0.05, 0) is 36.5 Å². The molecular weight excluding hydrogens is 246 g/mol. The molecule has 1 aliphatic carbocycles. The van der Waals surface area contributed by atoms with Gasteiger partial charge in [0.15, 0.2) is 9.84 Å². The summed E-state index contributed by atoms with van der Waals surface area (Å²) < 4.78 is 24.8. The van der Waals surface area contributed by atoms with Crippen LogP contribution in [0.25, 0.3) is 0 Å². The molecule has 3 nitrogen and oxygen atoms in total. The zero-order valence-corrected chi connectivity index (χ0v) is 13.3. The van der Waals surface area contributed by atoms with Crippen LogP contribution >= 0.6 is 0 Å². The van der Waals surface area contributed by atoms with Gasteiger partial charge < -0.3 is 5.73 Å². The van der Waals surface area contributed by atoms with Crippen LogP contribution in [0, 0.1) is 17.3 Å². The maximum Gasteiger partial charge on any atom is 0.154 e. The molecule has 0 saturated heterocycles. The van der Waals surface area contributed by atoms with Gasteiger partial charge in [-0.25, -0.2) is 8.42 Å². The number of nitrogens with two attached hydrogens (primary N) is 1. The van der Waals surface area contributed by atoms with Gasteiger partial charge in [0, 0.05) is 6.04 Å². The Morgan fingerprint density at radius 2 is 1.78 bits per heavy atom. The molecule has 3 unspecified atom stereocenters. The fraction of sp³-hybridized carbons (Fsp3) is 1.00. The molecule has 0 aromatic heterocycles. The summed E-state index contributed by atoms with van der Waals surface area (Å²) in [5.74, 6) is 0.906. The molecule has 1 saturated carbocycles. The quantitative estimate of drug-likeness (QED) is 0.861. The Morgan fingerprint density at radius 1 is 1.22 bits per heavy atom. The van der Waals surface area contributed by atoms with Gasteiger partial charge in [-0.2, -0.15) is 0 Å². The van der Waals surface area contributed by atoms with Gasteiger partial charge >= 0.3 is 0 Å². The van der Waals surface area contributed by atoms with Crippen LogP contribution in [0.5, 0.6) is 0 Å². The maximum atomic E-state index is 12.4. The van der Waals surface area contributed by atoms with E-state index in [-0.39, 0.29) is 28.4 Å². The second-order valence-electron chi connectivity index (χ2n) is 7.30. The monoisotopic (exact) mass is 275 g/mol. The average Bonchev–Trinajstić information content (AvgIpc) is 2.13. The summed E-state index contributed by atoms with van der Waals surface area (Å²) in [6.07, 6.45) is 2.63. The van der Waals surface area contributed by atoms with E-state index in [1.165, 1.54) is 0 Å². The minimum absolute atomic E-state index is 0.172. The third-order valence-electron chi connectivity index (χ3n) is 4.09. The molecule has 0 aliphatic heterocycles. The number of sulfone groups is 1. The molecule has 4 heteroatoms. The molecule has 0 radical (unpaired) electrons. The van der Waals surface area contributed by atoms with Crippen molar-refractivity contribution in [3.63, 3.8) is 0 Å². The Bertz CT molecular complexity index is 368. The van der Waals surface area contributed by atoms with Crippen LogP contribution in [0.15, 0.2) is 0 Å². The van der Waals surface area contributed by atoms with Gasteiger partial charge in [-0.15, -0.1) is 0 Å². The summed E-state index contributed by atoms with van der Waals surface area (Å²) in [7, 11) is -3.05. The minimum atomic E-state index is -3.05. The van der Waals surface area contributed by atoms with Gasteiger partial charge in [0.2, 0.25) is 0 Å². The average molecular weight is 275 g/mol. The van der Waals surface area contributed by atoms with Crippen molar-refractivity contribution in [2.75, 3.05) is 5.75 Å². The predicted molar refractivity (Wildman–Crippen MR) is 77.2 cm³/mol.